The Morgan fingerprint density at radius 3 is 2.23 bits per heavy atom. The molecule has 0 aliphatic carbocycles. The Morgan fingerprint density at radius 1 is 0.839 bits per heavy atom. The number of hydrazine groups is 1. The lowest BCUT2D eigenvalue weighted by molar-refractivity contribution is 0.0847. The number of benzene rings is 2. The zero-order valence-corrected chi connectivity index (χ0v) is 17.2. The van der Waals surface area contributed by atoms with Crippen LogP contribution in [0.4, 0.5) is 5.69 Å². The lowest BCUT2D eigenvalue weighted by Crippen LogP contribution is -2.41. The molecule has 0 atom stereocenters. The first-order chi connectivity index (χ1) is 15.0. The Morgan fingerprint density at radius 2 is 1.52 bits per heavy atom. The van der Waals surface area contributed by atoms with Gasteiger partial charge in [-0.15, -0.1) is 0 Å². The summed E-state index contributed by atoms with van der Waals surface area (Å²) in [4.78, 5) is 36.0. The molecule has 4 aromatic rings. The van der Waals surface area contributed by atoms with Crippen LogP contribution >= 0.6 is 0 Å². The van der Waals surface area contributed by atoms with Crippen LogP contribution in [0.15, 0.2) is 79.1 Å². The number of amides is 2. The van der Waals surface area contributed by atoms with E-state index in [-0.39, 0.29) is 0 Å². The number of aromatic nitrogens is 2. The molecule has 0 fully saturated rings. The van der Waals surface area contributed by atoms with Crippen molar-refractivity contribution in [2.75, 3.05) is 19.0 Å². The monoisotopic (exact) mass is 411 g/mol. The molecule has 154 valence electrons. The van der Waals surface area contributed by atoms with E-state index in [1.165, 1.54) is 0 Å². The number of hydrogen-bond acceptors (Lipinski definition) is 5. The van der Waals surface area contributed by atoms with Crippen LogP contribution in [0.3, 0.4) is 0 Å². The second-order valence-electron chi connectivity index (χ2n) is 7.16. The molecule has 2 aromatic carbocycles. The molecule has 2 N–H and O–H groups in total. The highest BCUT2D eigenvalue weighted by atomic mass is 16.2. The minimum atomic E-state index is -0.424. The Balaban J connectivity index is 1.58. The van der Waals surface area contributed by atoms with Crippen molar-refractivity contribution in [1.82, 2.24) is 20.8 Å². The third-order valence-corrected chi connectivity index (χ3v) is 4.87. The number of hydrogen-bond donors (Lipinski definition) is 2. The zero-order chi connectivity index (χ0) is 21.8. The fourth-order valence-corrected chi connectivity index (χ4v) is 3.20. The van der Waals surface area contributed by atoms with E-state index in [2.05, 4.69) is 20.8 Å². The number of anilines is 1. The maximum Gasteiger partial charge on any atom is 0.270 e. The fraction of sp³-hybridized carbons (Fsp3) is 0.0833. The van der Waals surface area contributed by atoms with Crippen LogP contribution in [0, 0.1) is 0 Å². The van der Waals surface area contributed by atoms with Crippen molar-refractivity contribution >= 4 is 28.4 Å². The SMILES string of the molecule is CN(C)c1ccc(C(=O)NNC(=O)c2cc(-c3ccncc3)nc3ccccc23)cc1. The highest BCUT2D eigenvalue weighted by molar-refractivity contribution is 6.08. The molecule has 0 spiro atoms. The normalized spacial score (nSPS) is 10.5. The van der Waals surface area contributed by atoms with Gasteiger partial charge in [-0.1, -0.05) is 18.2 Å². The lowest BCUT2D eigenvalue weighted by atomic mass is 10.0. The van der Waals surface area contributed by atoms with Gasteiger partial charge in [0, 0.05) is 48.7 Å². The van der Waals surface area contributed by atoms with Gasteiger partial charge in [0.2, 0.25) is 0 Å². The van der Waals surface area contributed by atoms with Gasteiger partial charge in [-0.25, -0.2) is 4.98 Å². The Bertz CT molecular complexity index is 1240. The molecule has 2 aromatic heterocycles. The van der Waals surface area contributed by atoms with Crippen LogP contribution in [0.2, 0.25) is 0 Å². The quantitative estimate of drug-likeness (QED) is 0.503. The van der Waals surface area contributed by atoms with Gasteiger partial charge in [0.15, 0.2) is 0 Å². The summed E-state index contributed by atoms with van der Waals surface area (Å²) >= 11 is 0. The van der Waals surface area contributed by atoms with Crippen molar-refractivity contribution in [3.63, 3.8) is 0 Å². The van der Waals surface area contributed by atoms with Crippen molar-refractivity contribution in [3.8, 4) is 11.3 Å². The van der Waals surface area contributed by atoms with E-state index >= 15 is 0 Å². The van der Waals surface area contributed by atoms with Gasteiger partial charge in [-0.2, -0.15) is 0 Å². The van der Waals surface area contributed by atoms with E-state index in [4.69, 9.17) is 0 Å². The summed E-state index contributed by atoms with van der Waals surface area (Å²) in [6.07, 6.45) is 3.35. The molecule has 0 radical (unpaired) electrons. The molecule has 2 amide bonds. The van der Waals surface area contributed by atoms with Crippen LogP contribution in [0.1, 0.15) is 20.7 Å². The minimum absolute atomic E-state index is 0.397. The van der Waals surface area contributed by atoms with E-state index in [9.17, 15) is 9.59 Å². The molecular weight excluding hydrogens is 390 g/mol. The van der Waals surface area contributed by atoms with Crippen LogP contribution < -0.4 is 15.8 Å². The molecule has 4 rings (SSSR count). The molecule has 2 heterocycles. The van der Waals surface area contributed by atoms with E-state index in [0.29, 0.717) is 27.7 Å². The molecule has 0 bridgehead atoms. The molecule has 7 nitrogen and oxygen atoms in total. The number of nitrogens with zero attached hydrogens (tertiary/aromatic N) is 3. The first-order valence-corrected chi connectivity index (χ1v) is 9.71. The lowest BCUT2D eigenvalue weighted by Gasteiger charge is -2.13. The maximum atomic E-state index is 12.9. The number of rotatable bonds is 4. The van der Waals surface area contributed by atoms with E-state index in [1.54, 1.807) is 30.6 Å². The number of carbonyl (C=O) groups is 2. The molecule has 0 aliphatic rings. The Hall–Kier alpha value is -4.26. The number of fused-ring (bicyclic) bond motifs is 1. The van der Waals surface area contributed by atoms with Gasteiger partial charge in [0.25, 0.3) is 11.8 Å². The number of para-hydroxylation sites is 1. The van der Waals surface area contributed by atoms with Gasteiger partial charge in [0.05, 0.1) is 16.8 Å². The van der Waals surface area contributed by atoms with Gasteiger partial charge >= 0.3 is 0 Å². The summed E-state index contributed by atoms with van der Waals surface area (Å²) in [5, 5.41) is 0.697. The number of carbonyl (C=O) groups excluding carboxylic acids is 2. The molecular formula is C24H21N5O2. The average molecular weight is 411 g/mol. The topological polar surface area (TPSA) is 87.2 Å². The van der Waals surface area contributed by atoms with Gasteiger partial charge in [-0.05, 0) is 48.5 Å². The van der Waals surface area contributed by atoms with Crippen LogP contribution in [0.5, 0.6) is 0 Å². The molecule has 0 saturated heterocycles. The van der Waals surface area contributed by atoms with Crippen molar-refractivity contribution < 1.29 is 9.59 Å². The van der Waals surface area contributed by atoms with Crippen molar-refractivity contribution in [2.24, 2.45) is 0 Å². The smallest absolute Gasteiger partial charge is 0.270 e. The summed E-state index contributed by atoms with van der Waals surface area (Å²) in [5.41, 5.74) is 9.03. The number of pyridine rings is 2. The zero-order valence-electron chi connectivity index (χ0n) is 17.2. The first-order valence-electron chi connectivity index (χ1n) is 9.71. The predicted molar refractivity (Wildman–Crippen MR) is 121 cm³/mol. The largest absolute Gasteiger partial charge is 0.378 e. The van der Waals surface area contributed by atoms with Gasteiger partial charge in [-0.3, -0.25) is 25.4 Å². The van der Waals surface area contributed by atoms with Crippen LogP contribution in [0.25, 0.3) is 22.2 Å². The summed E-state index contributed by atoms with van der Waals surface area (Å²) < 4.78 is 0. The highest BCUT2D eigenvalue weighted by Crippen LogP contribution is 2.24. The molecule has 0 aliphatic heterocycles. The van der Waals surface area contributed by atoms with Crippen molar-refractivity contribution in [2.45, 2.75) is 0 Å². The molecule has 0 saturated carbocycles. The van der Waals surface area contributed by atoms with Crippen LogP contribution in [-0.4, -0.2) is 35.9 Å². The van der Waals surface area contributed by atoms with E-state index < -0.39 is 11.8 Å². The molecule has 31 heavy (non-hydrogen) atoms. The second kappa shape index (κ2) is 8.62. The van der Waals surface area contributed by atoms with Gasteiger partial charge in [0.1, 0.15) is 0 Å². The van der Waals surface area contributed by atoms with Gasteiger partial charge < -0.3 is 4.90 Å². The second-order valence-corrected chi connectivity index (χ2v) is 7.16. The third-order valence-electron chi connectivity index (χ3n) is 4.87. The van der Waals surface area contributed by atoms with E-state index in [0.717, 1.165) is 11.3 Å². The predicted octanol–water partition coefficient (Wildman–Crippen LogP) is 3.44. The molecule has 0 unspecified atom stereocenters. The first kappa shape index (κ1) is 20.0. The summed E-state index contributed by atoms with van der Waals surface area (Å²) in [5.74, 6) is -0.821. The standard InChI is InChI=1S/C24H21N5O2/c1-29(2)18-9-7-17(8-10-18)23(30)27-28-24(31)20-15-22(16-11-13-25-14-12-16)26-21-6-4-3-5-19(20)21/h3-15H,1-2H3,(H,27,30)(H,28,31). The number of nitrogens with one attached hydrogen (secondary N) is 2. The highest BCUT2D eigenvalue weighted by Gasteiger charge is 2.15. The maximum absolute atomic E-state index is 12.9. The Kier molecular flexibility index (Phi) is 5.57. The summed E-state index contributed by atoms with van der Waals surface area (Å²) in [7, 11) is 3.85. The Labute approximate surface area is 179 Å². The summed E-state index contributed by atoms with van der Waals surface area (Å²) in [6.45, 7) is 0. The van der Waals surface area contributed by atoms with Crippen LogP contribution in [-0.2, 0) is 0 Å². The average Bonchev–Trinajstić information content (AvgIpc) is 2.82. The third kappa shape index (κ3) is 4.35. The minimum Gasteiger partial charge on any atom is -0.378 e. The summed E-state index contributed by atoms with van der Waals surface area (Å²) in [6, 6.07) is 19.9. The fourth-order valence-electron chi connectivity index (χ4n) is 3.20. The van der Waals surface area contributed by atoms with Crippen molar-refractivity contribution in [1.29, 1.82) is 0 Å². The molecule has 7 heteroatoms. The van der Waals surface area contributed by atoms with E-state index in [1.807, 2.05) is 67.5 Å². The van der Waals surface area contributed by atoms with Crippen molar-refractivity contribution in [3.05, 3.63) is 90.3 Å².